The second-order valence-electron chi connectivity index (χ2n) is 4.67. The Morgan fingerprint density at radius 3 is 2.53 bits per heavy atom. The molecule has 0 aromatic rings. The molecule has 82 valence electrons. The lowest BCUT2D eigenvalue weighted by molar-refractivity contribution is -0.127. The third kappa shape index (κ3) is 1.74. The van der Waals surface area contributed by atoms with Gasteiger partial charge in [-0.3, -0.25) is 9.69 Å². The summed E-state index contributed by atoms with van der Waals surface area (Å²) in [4.78, 5) is 16.1. The van der Waals surface area contributed by atoms with E-state index in [0.29, 0.717) is 18.1 Å². The Bertz CT molecular complexity index is 326. The van der Waals surface area contributed by atoms with Gasteiger partial charge in [0.25, 0.3) is 5.91 Å². The van der Waals surface area contributed by atoms with Crippen molar-refractivity contribution in [1.82, 2.24) is 9.80 Å². The van der Waals surface area contributed by atoms with Gasteiger partial charge in [0.2, 0.25) is 0 Å². The van der Waals surface area contributed by atoms with E-state index >= 15 is 0 Å². The van der Waals surface area contributed by atoms with E-state index in [-0.39, 0.29) is 5.91 Å². The number of nitrogens with zero attached hydrogens (tertiary/aromatic N) is 2. The minimum Gasteiger partial charge on any atom is -0.326 e. The predicted octanol–water partition coefficient (Wildman–Crippen LogP) is 0.703. The quantitative estimate of drug-likeness (QED) is 0.590. The highest BCUT2D eigenvalue weighted by atomic mass is 16.2. The van der Waals surface area contributed by atoms with E-state index in [2.05, 4.69) is 30.6 Å². The fourth-order valence-electron chi connectivity index (χ4n) is 2.76. The average Bonchev–Trinajstić information content (AvgIpc) is 2.76. The number of hydrogen-bond donors (Lipinski definition) is 0. The molecule has 0 aromatic carbocycles. The number of carbonyl (C=O) groups excluding carboxylic acids is 1. The number of rotatable bonds is 1. The van der Waals surface area contributed by atoms with Gasteiger partial charge in [-0.05, 0) is 33.1 Å². The highest BCUT2D eigenvalue weighted by Crippen LogP contribution is 2.31. The smallest absolute Gasteiger partial charge is 0.298 e. The second-order valence-corrected chi connectivity index (χ2v) is 4.67. The third-order valence-electron chi connectivity index (χ3n) is 3.44. The number of carbonyl (C=O) groups is 1. The van der Waals surface area contributed by atoms with Gasteiger partial charge in [-0.2, -0.15) is 0 Å². The van der Waals surface area contributed by atoms with Crippen LogP contribution in [0.5, 0.6) is 0 Å². The van der Waals surface area contributed by atoms with E-state index in [0.717, 1.165) is 19.5 Å². The molecule has 2 aliphatic rings. The SMILES string of the molecule is CC#CC(=O)N1C[C@@H]2C[C@H]1CN2C(C)C. The Kier molecular flexibility index (Phi) is 2.70. The van der Waals surface area contributed by atoms with Crippen LogP contribution in [0.3, 0.4) is 0 Å². The van der Waals surface area contributed by atoms with Gasteiger partial charge >= 0.3 is 0 Å². The first kappa shape index (κ1) is 10.5. The van der Waals surface area contributed by atoms with Gasteiger partial charge < -0.3 is 4.90 Å². The van der Waals surface area contributed by atoms with Gasteiger partial charge in [-0.25, -0.2) is 0 Å². The lowest BCUT2D eigenvalue weighted by Gasteiger charge is -2.35. The molecule has 0 saturated carbocycles. The lowest BCUT2D eigenvalue weighted by atomic mass is 10.2. The topological polar surface area (TPSA) is 23.6 Å². The molecule has 2 aliphatic heterocycles. The Morgan fingerprint density at radius 1 is 1.33 bits per heavy atom. The molecule has 1 amide bonds. The zero-order valence-corrected chi connectivity index (χ0v) is 9.66. The minimum absolute atomic E-state index is 0.00778. The molecule has 2 rings (SSSR count). The van der Waals surface area contributed by atoms with Crippen molar-refractivity contribution in [2.45, 2.75) is 45.3 Å². The maximum atomic E-state index is 11.6. The molecule has 2 atom stereocenters. The standard InChI is InChI=1S/C12H18N2O/c1-4-5-12(15)14-8-10-6-11(14)7-13(10)9(2)3/h9-11H,6-8H2,1-3H3/t10-,11-/m0/s1. The first-order chi connectivity index (χ1) is 7.13. The molecule has 2 fully saturated rings. The highest BCUT2D eigenvalue weighted by molar-refractivity contribution is 5.94. The molecule has 0 spiro atoms. The van der Waals surface area contributed by atoms with E-state index in [4.69, 9.17) is 0 Å². The van der Waals surface area contributed by atoms with Crippen LogP contribution in [0.15, 0.2) is 0 Å². The predicted molar refractivity (Wildman–Crippen MR) is 59.2 cm³/mol. The zero-order valence-electron chi connectivity index (χ0n) is 9.66. The van der Waals surface area contributed by atoms with Crippen LogP contribution in [-0.2, 0) is 4.79 Å². The van der Waals surface area contributed by atoms with Crippen LogP contribution in [0.4, 0.5) is 0 Å². The summed E-state index contributed by atoms with van der Waals surface area (Å²) in [7, 11) is 0. The molecule has 0 radical (unpaired) electrons. The van der Waals surface area contributed by atoms with Crippen molar-refractivity contribution >= 4 is 5.91 Å². The van der Waals surface area contributed by atoms with Crippen molar-refractivity contribution in [1.29, 1.82) is 0 Å². The van der Waals surface area contributed by atoms with Crippen molar-refractivity contribution in [3.8, 4) is 11.8 Å². The van der Waals surface area contributed by atoms with Crippen LogP contribution in [0.1, 0.15) is 27.2 Å². The second kappa shape index (κ2) is 3.86. The van der Waals surface area contributed by atoms with Crippen LogP contribution in [0.25, 0.3) is 0 Å². The molecule has 2 bridgehead atoms. The number of likely N-dealkylation sites (tertiary alicyclic amines) is 2. The molecular formula is C12H18N2O. The third-order valence-corrected chi connectivity index (χ3v) is 3.44. The van der Waals surface area contributed by atoms with Gasteiger partial charge in [-0.1, -0.05) is 5.92 Å². The molecule has 0 aliphatic carbocycles. The Hall–Kier alpha value is -1.01. The molecule has 3 nitrogen and oxygen atoms in total. The fraction of sp³-hybridized carbons (Fsp3) is 0.750. The Morgan fingerprint density at radius 2 is 2.07 bits per heavy atom. The van der Waals surface area contributed by atoms with E-state index in [1.54, 1.807) is 6.92 Å². The highest BCUT2D eigenvalue weighted by Gasteiger charge is 2.45. The number of amides is 1. The summed E-state index contributed by atoms with van der Waals surface area (Å²) in [6.45, 7) is 8.06. The van der Waals surface area contributed by atoms with Crippen LogP contribution >= 0.6 is 0 Å². The number of piperazine rings is 1. The summed E-state index contributed by atoms with van der Waals surface area (Å²) < 4.78 is 0. The van der Waals surface area contributed by atoms with Gasteiger partial charge in [-0.15, -0.1) is 0 Å². The van der Waals surface area contributed by atoms with Crippen LogP contribution in [0.2, 0.25) is 0 Å². The lowest BCUT2D eigenvalue weighted by Crippen LogP contribution is -2.50. The van der Waals surface area contributed by atoms with Crippen molar-refractivity contribution < 1.29 is 4.79 Å². The summed E-state index contributed by atoms with van der Waals surface area (Å²) in [5, 5.41) is 0. The van der Waals surface area contributed by atoms with Crippen LogP contribution in [0, 0.1) is 11.8 Å². The molecule has 3 heteroatoms. The summed E-state index contributed by atoms with van der Waals surface area (Å²) >= 11 is 0. The number of hydrogen-bond acceptors (Lipinski definition) is 2. The van der Waals surface area contributed by atoms with E-state index in [1.807, 2.05) is 4.90 Å². The van der Waals surface area contributed by atoms with Gasteiger partial charge in [0.05, 0.1) is 0 Å². The maximum Gasteiger partial charge on any atom is 0.298 e. The Balaban J connectivity index is 2.02. The molecule has 0 aromatic heterocycles. The van der Waals surface area contributed by atoms with Crippen molar-refractivity contribution in [2.75, 3.05) is 13.1 Å². The fourth-order valence-corrected chi connectivity index (χ4v) is 2.76. The van der Waals surface area contributed by atoms with Crippen molar-refractivity contribution in [3.05, 3.63) is 0 Å². The molecule has 0 N–H and O–H groups in total. The Labute approximate surface area is 91.4 Å². The molecule has 15 heavy (non-hydrogen) atoms. The summed E-state index contributed by atoms with van der Waals surface area (Å²) in [5.41, 5.74) is 0. The van der Waals surface area contributed by atoms with Crippen molar-refractivity contribution in [2.24, 2.45) is 0 Å². The van der Waals surface area contributed by atoms with Crippen molar-refractivity contribution in [3.63, 3.8) is 0 Å². The monoisotopic (exact) mass is 206 g/mol. The zero-order chi connectivity index (χ0) is 11.0. The van der Waals surface area contributed by atoms with E-state index < -0.39 is 0 Å². The van der Waals surface area contributed by atoms with Crippen LogP contribution < -0.4 is 0 Å². The minimum atomic E-state index is 0.00778. The number of fused-ring (bicyclic) bond motifs is 2. The van der Waals surface area contributed by atoms with Gasteiger partial charge in [0.1, 0.15) is 0 Å². The van der Waals surface area contributed by atoms with Gasteiger partial charge in [0, 0.05) is 31.2 Å². The van der Waals surface area contributed by atoms with Crippen LogP contribution in [-0.4, -0.2) is 46.9 Å². The largest absolute Gasteiger partial charge is 0.326 e. The van der Waals surface area contributed by atoms with Gasteiger partial charge in [0.15, 0.2) is 0 Å². The molecule has 0 unspecified atom stereocenters. The molecule has 2 saturated heterocycles. The van der Waals surface area contributed by atoms with E-state index in [1.165, 1.54) is 0 Å². The van der Waals surface area contributed by atoms with E-state index in [9.17, 15) is 4.79 Å². The first-order valence-corrected chi connectivity index (χ1v) is 5.62. The summed E-state index contributed by atoms with van der Waals surface area (Å²) in [5.74, 6) is 5.33. The average molecular weight is 206 g/mol. The normalized spacial score (nSPS) is 29.5. The summed E-state index contributed by atoms with van der Waals surface area (Å²) in [6, 6.07) is 1.57. The first-order valence-electron chi connectivity index (χ1n) is 5.62. The summed E-state index contributed by atoms with van der Waals surface area (Å²) in [6.07, 6.45) is 1.13. The molecular weight excluding hydrogens is 188 g/mol. The maximum absolute atomic E-state index is 11.6. The molecule has 2 heterocycles.